The van der Waals surface area contributed by atoms with Gasteiger partial charge in [-0.15, -0.1) is 12.6 Å². The number of nitro groups is 1. The van der Waals surface area contributed by atoms with Gasteiger partial charge in [0.25, 0.3) is 11.6 Å². The van der Waals surface area contributed by atoms with Crippen LogP contribution >= 0.6 is 12.6 Å². The molecule has 3 rings (SSSR count). The first-order valence-corrected chi connectivity index (χ1v) is 9.06. The number of non-ortho nitro benzene ring substituents is 1. The average Bonchev–Trinajstić information content (AvgIpc) is 2.68. The van der Waals surface area contributed by atoms with Crippen molar-refractivity contribution < 1.29 is 9.72 Å². The van der Waals surface area contributed by atoms with E-state index in [1.807, 2.05) is 30.3 Å². The molecule has 1 amide bonds. The van der Waals surface area contributed by atoms with E-state index < -0.39 is 17.0 Å². The van der Waals surface area contributed by atoms with Crippen molar-refractivity contribution in [3.05, 3.63) is 80.4 Å². The maximum Gasteiger partial charge on any atom is 0.269 e. The third-order valence-corrected chi connectivity index (χ3v) is 4.99. The van der Waals surface area contributed by atoms with E-state index >= 15 is 0 Å². The van der Waals surface area contributed by atoms with Gasteiger partial charge in [-0.25, -0.2) is 0 Å². The van der Waals surface area contributed by atoms with Crippen molar-refractivity contribution in [1.29, 1.82) is 5.26 Å². The fourth-order valence-electron chi connectivity index (χ4n) is 3.04. The molecule has 2 aromatic rings. The number of rotatable bonds is 4. The molecule has 0 spiro atoms. The lowest BCUT2D eigenvalue weighted by molar-refractivity contribution is -0.384. The van der Waals surface area contributed by atoms with Gasteiger partial charge in [0.05, 0.1) is 9.95 Å². The van der Waals surface area contributed by atoms with E-state index in [4.69, 9.17) is 0 Å². The summed E-state index contributed by atoms with van der Waals surface area (Å²) in [5, 5.41) is 23.5. The molecule has 7 nitrogen and oxygen atoms in total. The van der Waals surface area contributed by atoms with Crippen LogP contribution in [0.1, 0.15) is 37.1 Å². The standard InChI is InChI=1S/C20H18N4O3S/c1-12(2)13-6-8-15(9-7-13)23-18(22-19(25)17(11-21)20(23)28)14-4-3-5-16(10-14)24(26)27/h3-10,12,18,28H,1-2H3,(H,22,25). The Bertz CT molecular complexity index is 1010. The van der Waals surface area contributed by atoms with E-state index in [0.717, 1.165) is 5.56 Å². The van der Waals surface area contributed by atoms with Crippen LogP contribution in [-0.2, 0) is 4.79 Å². The minimum absolute atomic E-state index is 0.0855. The summed E-state index contributed by atoms with van der Waals surface area (Å²) in [6.45, 7) is 4.17. The highest BCUT2D eigenvalue weighted by atomic mass is 32.1. The molecule has 1 unspecified atom stereocenters. The van der Waals surface area contributed by atoms with E-state index in [1.54, 1.807) is 17.0 Å². The van der Waals surface area contributed by atoms with Crippen LogP contribution in [0.25, 0.3) is 0 Å². The molecule has 142 valence electrons. The Hall–Kier alpha value is -3.31. The lowest BCUT2D eigenvalue weighted by atomic mass is 10.0. The summed E-state index contributed by atoms with van der Waals surface area (Å²) in [5.74, 6) is -0.220. The largest absolute Gasteiger partial charge is 0.327 e. The SMILES string of the molecule is CC(C)c1ccc(N2C(S)=C(C#N)C(=O)NC2c2cccc([N+](=O)[O-])c2)cc1. The highest BCUT2D eigenvalue weighted by molar-refractivity contribution is 7.84. The molecule has 0 aromatic heterocycles. The van der Waals surface area contributed by atoms with Gasteiger partial charge in [0.15, 0.2) is 0 Å². The number of carbonyl (C=O) groups excluding carboxylic acids is 1. The molecule has 1 aliphatic rings. The second-order valence-corrected chi connectivity index (χ2v) is 7.08. The molecule has 1 heterocycles. The van der Waals surface area contributed by atoms with Gasteiger partial charge in [0.1, 0.15) is 17.8 Å². The number of carbonyl (C=O) groups is 1. The number of benzene rings is 2. The van der Waals surface area contributed by atoms with Crippen LogP contribution in [0.4, 0.5) is 11.4 Å². The van der Waals surface area contributed by atoms with Crippen LogP contribution in [0.3, 0.4) is 0 Å². The number of anilines is 1. The van der Waals surface area contributed by atoms with E-state index in [-0.39, 0.29) is 16.3 Å². The molecule has 2 aromatic carbocycles. The number of hydrogen-bond acceptors (Lipinski definition) is 6. The summed E-state index contributed by atoms with van der Waals surface area (Å²) < 4.78 is 0. The number of hydrogen-bond donors (Lipinski definition) is 2. The fraction of sp³-hybridized carbons (Fsp3) is 0.200. The first-order valence-electron chi connectivity index (χ1n) is 8.61. The third kappa shape index (κ3) is 3.57. The number of nitrogens with zero attached hydrogens (tertiary/aromatic N) is 3. The molecule has 0 saturated heterocycles. The highest BCUT2D eigenvalue weighted by Crippen LogP contribution is 2.36. The van der Waals surface area contributed by atoms with E-state index in [2.05, 4.69) is 31.8 Å². The number of thiol groups is 1. The van der Waals surface area contributed by atoms with Crippen molar-refractivity contribution >= 4 is 29.9 Å². The molecule has 0 aliphatic carbocycles. The first kappa shape index (κ1) is 19.5. The zero-order chi connectivity index (χ0) is 20.4. The summed E-state index contributed by atoms with van der Waals surface area (Å²) in [5.41, 5.74) is 2.16. The molecule has 0 fully saturated rings. The quantitative estimate of drug-likeness (QED) is 0.464. The van der Waals surface area contributed by atoms with Crippen LogP contribution in [0, 0.1) is 21.4 Å². The number of nitro benzene ring substituents is 1. The molecule has 0 bridgehead atoms. The van der Waals surface area contributed by atoms with Crippen LogP contribution in [0.5, 0.6) is 0 Å². The average molecular weight is 394 g/mol. The van der Waals surface area contributed by atoms with Crippen molar-refractivity contribution in [2.24, 2.45) is 0 Å². The molecule has 1 atom stereocenters. The zero-order valence-corrected chi connectivity index (χ0v) is 16.2. The van der Waals surface area contributed by atoms with Gasteiger partial charge in [-0.05, 0) is 23.6 Å². The fourth-order valence-corrected chi connectivity index (χ4v) is 3.42. The Labute approximate surface area is 167 Å². The second kappa shape index (κ2) is 7.74. The number of nitrogens with one attached hydrogen (secondary N) is 1. The van der Waals surface area contributed by atoms with E-state index in [1.165, 1.54) is 12.1 Å². The molecule has 1 aliphatic heterocycles. The van der Waals surface area contributed by atoms with E-state index in [9.17, 15) is 20.2 Å². The number of amides is 1. The lowest BCUT2D eigenvalue weighted by Gasteiger charge is -2.38. The van der Waals surface area contributed by atoms with Gasteiger partial charge in [0, 0.05) is 23.4 Å². The monoisotopic (exact) mass is 394 g/mol. The topological polar surface area (TPSA) is 99.3 Å². The first-order chi connectivity index (χ1) is 13.3. The molecule has 8 heteroatoms. The highest BCUT2D eigenvalue weighted by Gasteiger charge is 2.34. The Morgan fingerprint density at radius 2 is 1.93 bits per heavy atom. The van der Waals surface area contributed by atoms with Crippen LogP contribution in [-0.4, -0.2) is 10.8 Å². The Kier molecular flexibility index (Phi) is 5.38. The van der Waals surface area contributed by atoms with Crippen molar-refractivity contribution in [3.8, 4) is 6.07 Å². The summed E-state index contributed by atoms with van der Waals surface area (Å²) >= 11 is 4.43. The van der Waals surface area contributed by atoms with Crippen molar-refractivity contribution in [2.75, 3.05) is 4.90 Å². The third-order valence-electron chi connectivity index (χ3n) is 4.55. The normalized spacial score (nSPS) is 16.8. The second-order valence-electron chi connectivity index (χ2n) is 6.65. The van der Waals surface area contributed by atoms with Crippen LogP contribution in [0.15, 0.2) is 59.1 Å². The predicted octanol–water partition coefficient (Wildman–Crippen LogP) is 4.02. The summed E-state index contributed by atoms with van der Waals surface area (Å²) in [6, 6.07) is 15.6. The van der Waals surface area contributed by atoms with Gasteiger partial charge >= 0.3 is 0 Å². The van der Waals surface area contributed by atoms with Crippen LogP contribution < -0.4 is 10.2 Å². The lowest BCUT2D eigenvalue weighted by Crippen LogP contribution is -2.46. The zero-order valence-electron chi connectivity index (χ0n) is 15.3. The van der Waals surface area contributed by atoms with Crippen LogP contribution in [0.2, 0.25) is 0 Å². The summed E-state index contributed by atoms with van der Waals surface area (Å²) in [6.07, 6.45) is -0.734. The Morgan fingerprint density at radius 3 is 2.50 bits per heavy atom. The number of nitriles is 1. The predicted molar refractivity (Wildman–Crippen MR) is 109 cm³/mol. The van der Waals surface area contributed by atoms with Crippen molar-refractivity contribution in [3.63, 3.8) is 0 Å². The molecular formula is C20H18N4O3S. The summed E-state index contributed by atoms with van der Waals surface area (Å²) in [4.78, 5) is 24.7. The van der Waals surface area contributed by atoms with Crippen molar-refractivity contribution in [1.82, 2.24) is 5.32 Å². The Morgan fingerprint density at radius 1 is 1.25 bits per heavy atom. The molecular weight excluding hydrogens is 376 g/mol. The smallest absolute Gasteiger partial charge is 0.269 e. The van der Waals surface area contributed by atoms with Crippen molar-refractivity contribution in [2.45, 2.75) is 25.9 Å². The minimum Gasteiger partial charge on any atom is -0.327 e. The molecule has 28 heavy (non-hydrogen) atoms. The minimum atomic E-state index is -0.734. The maximum absolute atomic E-state index is 12.4. The van der Waals surface area contributed by atoms with Gasteiger partial charge < -0.3 is 10.2 Å². The van der Waals surface area contributed by atoms with E-state index in [0.29, 0.717) is 17.2 Å². The molecule has 0 radical (unpaired) electrons. The summed E-state index contributed by atoms with van der Waals surface area (Å²) in [7, 11) is 0. The van der Waals surface area contributed by atoms with Gasteiger partial charge in [-0.3, -0.25) is 14.9 Å². The molecule has 1 N–H and O–H groups in total. The van der Waals surface area contributed by atoms with Gasteiger partial charge in [0.2, 0.25) is 0 Å². The Balaban J connectivity index is 2.13. The van der Waals surface area contributed by atoms with Gasteiger partial charge in [-0.2, -0.15) is 5.26 Å². The maximum atomic E-state index is 12.4. The van der Waals surface area contributed by atoms with Gasteiger partial charge in [-0.1, -0.05) is 38.1 Å². The molecule has 0 saturated carbocycles.